The Labute approximate surface area is 160 Å². The smallest absolute Gasteiger partial charge is 0.349 e. The average molecular weight is 411 g/mol. The van der Waals surface area contributed by atoms with Crippen molar-refractivity contribution in [3.63, 3.8) is 0 Å². The second-order valence-corrected chi connectivity index (χ2v) is 7.87. The zero-order chi connectivity index (χ0) is 18.7. The van der Waals surface area contributed by atoms with Crippen molar-refractivity contribution in [3.05, 3.63) is 22.1 Å². The zero-order valence-electron chi connectivity index (χ0n) is 14.0. The summed E-state index contributed by atoms with van der Waals surface area (Å²) in [6, 6.07) is 0. The zero-order valence-corrected chi connectivity index (χ0v) is 16.4. The summed E-state index contributed by atoms with van der Waals surface area (Å²) < 4.78 is 14.8. The van der Waals surface area contributed by atoms with Crippen molar-refractivity contribution >= 4 is 45.9 Å². The van der Waals surface area contributed by atoms with Gasteiger partial charge in [0.05, 0.1) is 33.9 Å². The number of rotatable bonds is 6. The summed E-state index contributed by atoms with van der Waals surface area (Å²) in [5, 5.41) is 2.41. The van der Waals surface area contributed by atoms with Gasteiger partial charge >= 0.3 is 11.9 Å². The molecule has 0 aliphatic rings. The summed E-state index contributed by atoms with van der Waals surface area (Å²) in [4.78, 5) is 37.2. The molecular weight excluding hydrogens is 398 g/mol. The van der Waals surface area contributed by atoms with Crippen molar-refractivity contribution < 1.29 is 23.8 Å². The van der Waals surface area contributed by atoms with Crippen molar-refractivity contribution in [3.8, 4) is 25.8 Å². The van der Waals surface area contributed by atoms with E-state index in [0.717, 1.165) is 4.88 Å². The normalized spacial score (nSPS) is 10.6. The van der Waals surface area contributed by atoms with Gasteiger partial charge in [-0.25, -0.2) is 19.7 Å². The lowest BCUT2D eigenvalue weighted by molar-refractivity contribution is -0.139. The van der Waals surface area contributed by atoms with Crippen molar-refractivity contribution in [2.24, 2.45) is 0 Å². The molecule has 3 aromatic heterocycles. The maximum absolute atomic E-state index is 11.6. The molecule has 3 rings (SSSR count). The third-order valence-electron chi connectivity index (χ3n) is 3.16. The number of methoxy groups -OCH3 is 3. The van der Waals surface area contributed by atoms with Crippen LogP contribution in [0.2, 0.25) is 0 Å². The van der Waals surface area contributed by atoms with Crippen LogP contribution in [0, 0.1) is 0 Å². The molecule has 0 aliphatic carbocycles. The van der Waals surface area contributed by atoms with E-state index in [9.17, 15) is 9.59 Å². The quantitative estimate of drug-likeness (QED) is 0.571. The predicted octanol–water partition coefficient (Wildman–Crippen LogP) is 2.90. The minimum Gasteiger partial charge on any atom is -0.486 e. The predicted molar refractivity (Wildman–Crippen MR) is 97.9 cm³/mol. The van der Waals surface area contributed by atoms with E-state index in [2.05, 4.69) is 19.7 Å². The molecule has 136 valence electrons. The van der Waals surface area contributed by atoms with E-state index in [1.807, 2.05) is 0 Å². The maximum Gasteiger partial charge on any atom is 0.349 e. The topological polar surface area (TPSA) is 100 Å². The Morgan fingerprint density at radius 3 is 2.42 bits per heavy atom. The van der Waals surface area contributed by atoms with E-state index in [0.29, 0.717) is 30.7 Å². The Hall–Kier alpha value is -2.37. The molecule has 8 nitrogen and oxygen atoms in total. The van der Waals surface area contributed by atoms with Crippen LogP contribution in [0.5, 0.6) is 5.06 Å². The molecule has 0 unspecified atom stereocenters. The SMILES string of the molecule is COC(=O)Cc1cnc(-c2nc(-c3ncc(C(=O)OC)s3)sc2OC)s1. The fourth-order valence-electron chi connectivity index (χ4n) is 1.95. The van der Waals surface area contributed by atoms with Gasteiger partial charge in [0.1, 0.15) is 9.88 Å². The molecular formula is C15H13N3O5S3. The average Bonchev–Trinajstić information content (AvgIpc) is 3.38. The van der Waals surface area contributed by atoms with Crippen LogP contribution in [0.3, 0.4) is 0 Å². The largest absolute Gasteiger partial charge is 0.486 e. The van der Waals surface area contributed by atoms with Gasteiger partial charge in [0, 0.05) is 11.1 Å². The van der Waals surface area contributed by atoms with Crippen molar-refractivity contribution in [1.29, 1.82) is 0 Å². The number of hydrogen-bond donors (Lipinski definition) is 0. The Kier molecular flexibility index (Phi) is 5.59. The number of aromatic nitrogens is 3. The number of carbonyl (C=O) groups is 2. The molecule has 26 heavy (non-hydrogen) atoms. The van der Waals surface area contributed by atoms with Crippen molar-refractivity contribution in [2.45, 2.75) is 6.42 Å². The summed E-state index contributed by atoms with van der Waals surface area (Å²) in [6.07, 6.45) is 3.23. The minimum absolute atomic E-state index is 0.155. The van der Waals surface area contributed by atoms with Crippen LogP contribution in [-0.4, -0.2) is 48.2 Å². The number of nitrogens with zero attached hydrogens (tertiary/aromatic N) is 3. The highest BCUT2D eigenvalue weighted by molar-refractivity contribution is 7.23. The van der Waals surface area contributed by atoms with E-state index in [-0.39, 0.29) is 12.4 Å². The molecule has 3 heterocycles. The Morgan fingerprint density at radius 1 is 0.962 bits per heavy atom. The van der Waals surface area contributed by atoms with Crippen LogP contribution in [0.25, 0.3) is 20.7 Å². The van der Waals surface area contributed by atoms with Gasteiger partial charge in [-0.2, -0.15) is 0 Å². The molecule has 0 aromatic carbocycles. The van der Waals surface area contributed by atoms with E-state index in [4.69, 9.17) is 9.47 Å². The molecule has 0 fully saturated rings. The molecule has 3 aromatic rings. The van der Waals surface area contributed by atoms with Gasteiger partial charge in [0.25, 0.3) is 0 Å². The Bertz CT molecular complexity index is 946. The van der Waals surface area contributed by atoms with Gasteiger partial charge in [-0.15, -0.1) is 22.7 Å². The molecule has 11 heteroatoms. The summed E-state index contributed by atoms with van der Waals surface area (Å²) in [5.74, 6) is -0.769. The van der Waals surface area contributed by atoms with Gasteiger partial charge in [-0.1, -0.05) is 11.3 Å². The molecule has 0 amide bonds. The Morgan fingerprint density at radius 2 is 1.73 bits per heavy atom. The third-order valence-corrected chi connectivity index (χ3v) is 6.30. The van der Waals surface area contributed by atoms with Gasteiger partial charge in [-0.05, 0) is 0 Å². The monoisotopic (exact) mass is 411 g/mol. The van der Waals surface area contributed by atoms with Crippen LogP contribution in [0.15, 0.2) is 12.4 Å². The second-order valence-electron chi connectivity index (χ2n) is 4.77. The van der Waals surface area contributed by atoms with Crippen LogP contribution in [-0.2, 0) is 20.7 Å². The molecule has 0 N–H and O–H groups in total. The van der Waals surface area contributed by atoms with Crippen molar-refractivity contribution in [1.82, 2.24) is 15.0 Å². The molecule has 0 saturated heterocycles. The maximum atomic E-state index is 11.6. The number of esters is 2. The first kappa shape index (κ1) is 18.4. The number of thiazole rings is 3. The summed E-state index contributed by atoms with van der Waals surface area (Å²) in [7, 11) is 4.21. The summed E-state index contributed by atoms with van der Waals surface area (Å²) >= 11 is 3.84. The molecule has 0 bridgehead atoms. The highest BCUT2D eigenvalue weighted by Crippen LogP contribution is 2.41. The highest BCUT2D eigenvalue weighted by atomic mass is 32.1. The van der Waals surface area contributed by atoms with E-state index >= 15 is 0 Å². The molecule has 0 aliphatic heterocycles. The number of hydrogen-bond acceptors (Lipinski definition) is 11. The number of ether oxygens (including phenoxy) is 3. The lowest BCUT2D eigenvalue weighted by Crippen LogP contribution is -2.02. The van der Waals surface area contributed by atoms with E-state index in [1.165, 1.54) is 54.4 Å². The molecule has 0 radical (unpaired) electrons. The van der Waals surface area contributed by atoms with Gasteiger partial charge in [0.2, 0.25) is 5.06 Å². The first-order valence-electron chi connectivity index (χ1n) is 7.17. The van der Waals surface area contributed by atoms with Crippen molar-refractivity contribution in [2.75, 3.05) is 21.3 Å². The molecule has 0 atom stereocenters. The molecule has 0 saturated carbocycles. The fourth-order valence-corrected chi connectivity index (χ4v) is 4.64. The summed E-state index contributed by atoms with van der Waals surface area (Å²) in [6.45, 7) is 0. The second kappa shape index (κ2) is 7.89. The number of carbonyl (C=O) groups excluding carboxylic acids is 2. The lowest BCUT2D eigenvalue weighted by atomic mass is 10.4. The van der Waals surface area contributed by atoms with E-state index in [1.54, 1.807) is 13.3 Å². The van der Waals surface area contributed by atoms with Crippen LogP contribution >= 0.6 is 34.0 Å². The van der Waals surface area contributed by atoms with Gasteiger partial charge in [-0.3, -0.25) is 4.79 Å². The lowest BCUT2D eigenvalue weighted by Gasteiger charge is -1.96. The van der Waals surface area contributed by atoms with Crippen LogP contribution in [0.1, 0.15) is 14.5 Å². The highest BCUT2D eigenvalue weighted by Gasteiger charge is 2.21. The molecule has 0 spiro atoms. The standard InChI is InChI=1S/C15H13N3O5S3/c1-21-9(19)4-7-5-16-11(24-7)10-15(23-3)26-13(18-10)12-17-6-8(25-12)14(20)22-2/h5-6H,4H2,1-3H3. The first-order chi connectivity index (χ1) is 12.5. The summed E-state index contributed by atoms with van der Waals surface area (Å²) in [5.41, 5.74) is 0.573. The van der Waals surface area contributed by atoms with Gasteiger partial charge < -0.3 is 14.2 Å². The van der Waals surface area contributed by atoms with E-state index < -0.39 is 5.97 Å². The van der Waals surface area contributed by atoms with Gasteiger partial charge in [0.15, 0.2) is 15.7 Å². The van der Waals surface area contributed by atoms with Crippen LogP contribution in [0.4, 0.5) is 0 Å². The minimum atomic E-state index is -0.440. The Balaban J connectivity index is 1.91. The fraction of sp³-hybridized carbons (Fsp3) is 0.267. The van der Waals surface area contributed by atoms with Crippen LogP contribution < -0.4 is 4.74 Å². The third kappa shape index (κ3) is 3.74. The first-order valence-corrected chi connectivity index (χ1v) is 9.61.